The molecule has 0 saturated heterocycles. The van der Waals surface area contributed by atoms with E-state index in [0.29, 0.717) is 29.2 Å². The summed E-state index contributed by atoms with van der Waals surface area (Å²) in [7, 11) is 1.69. The summed E-state index contributed by atoms with van der Waals surface area (Å²) in [5.41, 5.74) is 1.80. The molecule has 0 saturated carbocycles. The van der Waals surface area contributed by atoms with E-state index in [9.17, 15) is 19.5 Å². The number of likely N-dealkylation sites (N-methyl/N-ethyl adjacent to an activating group) is 1. The molecule has 0 bridgehead atoms. The lowest BCUT2D eigenvalue weighted by atomic mass is 9.99. The molecule has 39 heavy (non-hydrogen) atoms. The first-order valence-electron chi connectivity index (χ1n) is 12.8. The second-order valence-corrected chi connectivity index (χ2v) is 9.70. The third-order valence-corrected chi connectivity index (χ3v) is 6.69. The van der Waals surface area contributed by atoms with Gasteiger partial charge in [0, 0.05) is 48.8 Å². The van der Waals surface area contributed by atoms with Crippen LogP contribution in [0.1, 0.15) is 34.6 Å². The maximum absolute atomic E-state index is 13.6. The van der Waals surface area contributed by atoms with Gasteiger partial charge in [0.05, 0.1) is 24.8 Å². The predicted molar refractivity (Wildman–Crippen MR) is 148 cm³/mol. The van der Waals surface area contributed by atoms with Crippen LogP contribution in [0.25, 0.3) is 0 Å². The van der Waals surface area contributed by atoms with Gasteiger partial charge < -0.3 is 30.3 Å². The fourth-order valence-electron chi connectivity index (χ4n) is 4.32. The Hall–Kier alpha value is -4.44. The monoisotopic (exact) mass is 531 g/mol. The van der Waals surface area contributed by atoms with Crippen LogP contribution in [-0.2, 0) is 0 Å². The molecule has 3 N–H and O–H groups in total. The molecule has 2 heterocycles. The number of carbonyl (C=O) groups excluding carboxylic acids is 3. The number of nitrogens with one attached hydrogen (secondary N) is 2. The number of carbonyl (C=O) groups is 3. The van der Waals surface area contributed by atoms with Gasteiger partial charge in [-0.3, -0.25) is 14.6 Å². The minimum atomic E-state index is -0.450. The molecule has 1 aliphatic rings. The number of para-hydroxylation sites is 1. The van der Waals surface area contributed by atoms with Crippen molar-refractivity contribution >= 4 is 29.2 Å². The molecule has 10 heteroatoms. The zero-order valence-electron chi connectivity index (χ0n) is 22.2. The van der Waals surface area contributed by atoms with Crippen molar-refractivity contribution in [2.75, 3.05) is 37.4 Å². The van der Waals surface area contributed by atoms with Crippen molar-refractivity contribution in [3.05, 3.63) is 84.2 Å². The third-order valence-electron chi connectivity index (χ3n) is 6.69. The summed E-state index contributed by atoms with van der Waals surface area (Å²) in [6.45, 7) is 4.08. The summed E-state index contributed by atoms with van der Waals surface area (Å²) in [5.74, 6) is -0.471. The molecule has 1 aliphatic heterocycles. The van der Waals surface area contributed by atoms with E-state index in [1.165, 1.54) is 12.4 Å². The molecule has 0 spiro atoms. The number of rotatable bonds is 7. The summed E-state index contributed by atoms with van der Waals surface area (Å²) < 4.78 is 6.34. The van der Waals surface area contributed by atoms with Gasteiger partial charge in [0.1, 0.15) is 11.9 Å². The molecule has 0 aliphatic carbocycles. The standard InChI is InChI=1S/C29H33N5O5/c1-19-16-34(20(2)18-35)28(37)24-15-23(31-27(36)21-11-13-30-14-12-21)9-10-25(24)39-26(19)17-33(3)29(38)32-22-7-5-4-6-8-22/h4-15,19-20,26,35H,16-18H2,1-3H3,(H,31,36)(H,32,38)/t19-,20+,26-/m0/s1. The number of pyridine rings is 1. The molecule has 0 unspecified atom stereocenters. The van der Waals surface area contributed by atoms with Gasteiger partial charge in [-0.15, -0.1) is 0 Å². The van der Waals surface area contributed by atoms with Crippen LogP contribution in [0.15, 0.2) is 73.1 Å². The van der Waals surface area contributed by atoms with Crippen LogP contribution in [0.2, 0.25) is 0 Å². The maximum Gasteiger partial charge on any atom is 0.321 e. The topological polar surface area (TPSA) is 124 Å². The van der Waals surface area contributed by atoms with E-state index in [4.69, 9.17) is 4.74 Å². The lowest BCUT2D eigenvalue weighted by molar-refractivity contribution is 0.0371. The largest absolute Gasteiger partial charge is 0.487 e. The van der Waals surface area contributed by atoms with Crippen LogP contribution >= 0.6 is 0 Å². The van der Waals surface area contributed by atoms with Crippen LogP contribution in [0.5, 0.6) is 5.75 Å². The van der Waals surface area contributed by atoms with Crippen molar-refractivity contribution in [2.45, 2.75) is 26.0 Å². The molecule has 2 aromatic carbocycles. The molecule has 0 fully saturated rings. The van der Waals surface area contributed by atoms with E-state index in [0.717, 1.165) is 0 Å². The minimum absolute atomic E-state index is 0.158. The van der Waals surface area contributed by atoms with Crippen molar-refractivity contribution in [1.29, 1.82) is 0 Å². The first-order valence-corrected chi connectivity index (χ1v) is 12.8. The second-order valence-electron chi connectivity index (χ2n) is 9.70. The molecule has 0 radical (unpaired) electrons. The number of ether oxygens (including phenoxy) is 1. The Labute approximate surface area is 227 Å². The van der Waals surface area contributed by atoms with Crippen molar-refractivity contribution in [2.24, 2.45) is 5.92 Å². The highest BCUT2D eigenvalue weighted by Crippen LogP contribution is 2.31. The van der Waals surface area contributed by atoms with Gasteiger partial charge in [-0.25, -0.2) is 4.79 Å². The Morgan fingerprint density at radius 1 is 1.10 bits per heavy atom. The van der Waals surface area contributed by atoms with Gasteiger partial charge in [-0.2, -0.15) is 0 Å². The van der Waals surface area contributed by atoms with Crippen molar-refractivity contribution < 1.29 is 24.2 Å². The summed E-state index contributed by atoms with van der Waals surface area (Å²) in [6, 6.07) is 16.5. The number of aliphatic hydroxyl groups excluding tert-OH is 1. The highest BCUT2D eigenvalue weighted by atomic mass is 16.5. The van der Waals surface area contributed by atoms with Crippen molar-refractivity contribution in [3.8, 4) is 5.75 Å². The summed E-state index contributed by atoms with van der Waals surface area (Å²) >= 11 is 0. The molecule has 3 atom stereocenters. The number of hydrogen-bond acceptors (Lipinski definition) is 6. The van der Waals surface area contributed by atoms with Crippen LogP contribution in [-0.4, -0.2) is 76.6 Å². The quantitative estimate of drug-likeness (QED) is 0.427. The smallest absolute Gasteiger partial charge is 0.321 e. The number of nitrogens with zero attached hydrogens (tertiary/aromatic N) is 3. The Kier molecular flexibility index (Phi) is 8.77. The molecule has 3 aromatic rings. The number of aliphatic hydroxyl groups is 1. The normalized spacial score (nSPS) is 17.6. The van der Waals surface area contributed by atoms with Gasteiger partial charge >= 0.3 is 6.03 Å². The second kappa shape index (κ2) is 12.4. The van der Waals surface area contributed by atoms with Gasteiger partial charge in [0.25, 0.3) is 11.8 Å². The van der Waals surface area contributed by atoms with Crippen LogP contribution < -0.4 is 15.4 Å². The van der Waals surface area contributed by atoms with E-state index in [1.807, 2.05) is 37.3 Å². The Bertz CT molecular complexity index is 1300. The van der Waals surface area contributed by atoms with E-state index in [-0.39, 0.29) is 42.5 Å². The number of benzene rings is 2. The van der Waals surface area contributed by atoms with Gasteiger partial charge in [0.15, 0.2) is 0 Å². The number of fused-ring (bicyclic) bond motifs is 1. The third kappa shape index (κ3) is 6.71. The van der Waals surface area contributed by atoms with E-state index in [2.05, 4.69) is 15.6 Å². The fourth-order valence-corrected chi connectivity index (χ4v) is 4.32. The molecular formula is C29H33N5O5. The first kappa shape index (κ1) is 27.6. The highest BCUT2D eigenvalue weighted by Gasteiger charge is 2.34. The minimum Gasteiger partial charge on any atom is -0.487 e. The first-order chi connectivity index (χ1) is 18.8. The Balaban J connectivity index is 1.59. The van der Waals surface area contributed by atoms with Crippen LogP contribution in [0.3, 0.4) is 0 Å². The summed E-state index contributed by atoms with van der Waals surface area (Å²) in [6.07, 6.45) is 2.60. The number of urea groups is 1. The molecule has 4 rings (SSSR count). The lowest BCUT2D eigenvalue weighted by Gasteiger charge is -2.38. The molecule has 10 nitrogen and oxygen atoms in total. The molecular weight excluding hydrogens is 498 g/mol. The SMILES string of the molecule is C[C@H](CO)N1C[C@H](C)[C@H](CN(C)C(=O)Nc2ccccc2)Oc2ccc(NC(=O)c3ccncc3)cc2C1=O. The molecule has 1 aromatic heterocycles. The zero-order valence-corrected chi connectivity index (χ0v) is 22.2. The molecule has 4 amide bonds. The Morgan fingerprint density at radius 2 is 1.82 bits per heavy atom. The highest BCUT2D eigenvalue weighted by molar-refractivity contribution is 6.05. The van der Waals surface area contributed by atoms with Crippen LogP contribution in [0.4, 0.5) is 16.2 Å². The average Bonchev–Trinajstić information content (AvgIpc) is 2.95. The summed E-state index contributed by atoms with van der Waals surface area (Å²) in [5, 5.41) is 15.6. The number of hydrogen-bond donors (Lipinski definition) is 3. The zero-order chi connectivity index (χ0) is 27.9. The summed E-state index contributed by atoms with van der Waals surface area (Å²) in [4.78, 5) is 46.2. The van der Waals surface area contributed by atoms with Gasteiger partial charge in [-0.1, -0.05) is 25.1 Å². The van der Waals surface area contributed by atoms with Crippen molar-refractivity contribution in [3.63, 3.8) is 0 Å². The van der Waals surface area contributed by atoms with E-state index in [1.54, 1.807) is 54.1 Å². The molecule has 204 valence electrons. The predicted octanol–water partition coefficient (Wildman–Crippen LogP) is 3.72. The van der Waals surface area contributed by atoms with Gasteiger partial charge in [0.2, 0.25) is 0 Å². The van der Waals surface area contributed by atoms with E-state index >= 15 is 0 Å². The van der Waals surface area contributed by atoms with Gasteiger partial charge in [-0.05, 0) is 49.4 Å². The van der Waals surface area contributed by atoms with Crippen molar-refractivity contribution in [1.82, 2.24) is 14.8 Å². The lowest BCUT2D eigenvalue weighted by Crippen LogP contribution is -2.50. The number of aromatic nitrogens is 1. The number of amides is 4. The van der Waals surface area contributed by atoms with Crippen LogP contribution in [0, 0.1) is 5.92 Å². The average molecular weight is 532 g/mol. The number of anilines is 2. The fraction of sp³-hybridized carbons (Fsp3) is 0.310. The Morgan fingerprint density at radius 3 is 2.51 bits per heavy atom. The maximum atomic E-state index is 13.6. The van der Waals surface area contributed by atoms with E-state index < -0.39 is 12.1 Å².